The second-order valence-electron chi connectivity index (χ2n) is 9.22. The summed E-state index contributed by atoms with van der Waals surface area (Å²) in [5.74, 6) is -0.392. The summed E-state index contributed by atoms with van der Waals surface area (Å²) in [5, 5.41) is 6.53. The van der Waals surface area contributed by atoms with Crippen LogP contribution in [0.1, 0.15) is 26.5 Å². The number of carbonyl (C=O) groups is 2. The quantitative estimate of drug-likeness (QED) is 0.595. The van der Waals surface area contributed by atoms with Gasteiger partial charge in [0.05, 0.1) is 22.5 Å². The number of carbonyl (C=O) groups excluding carboxylic acids is 2. The molecule has 0 spiro atoms. The molecule has 0 unspecified atom stereocenters. The van der Waals surface area contributed by atoms with Crippen LogP contribution in [0.25, 0.3) is 23.0 Å². The Hall–Kier alpha value is -3.17. The van der Waals surface area contributed by atoms with Crippen molar-refractivity contribution in [3.8, 4) is 11.3 Å². The third kappa shape index (κ3) is 4.38. The maximum absolute atomic E-state index is 11.8. The highest BCUT2D eigenvalue weighted by atomic mass is 32.2. The molecule has 3 aromatic rings. The average Bonchev–Trinajstić information content (AvgIpc) is 3.35. The van der Waals surface area contributed by atoms with Crippen LogP contribution in [-0.2, 0) is 4.79 Å². The minimum Gasteiger partial charge on any atom is -0.369 e. The maximum atomic E-state index is 11.8. The average molecular weight is 463 g/mol. The van der Waals surface area contributed by atoms with Gasteiger partial charge < -0.3 is 4.90 Å². The molecule has 0 aliphatic carbocycles. The van der Waals surface area contributed by atoms with E-state index in [0.717, 1.165) is 49.2 Å². The minimum absolute atomic E-state index is 0.205. The number of nitrogens with one attached hydrogen (secondary N) is 1. The number of anilines is 1. The Kier molecular flexibility index (Phi) is 5.46. The van der Waals surface area contributed by atoms with Gasteiger partial charge in [-0.3, -0.25) is 19.8 Å². The maximum Gasteiger partial charge on any atom is 0.290 e. The highest BCUT2D eigenvalue weighted by Gasteiger charge is 2.26. The van der Waals surface area contributed by atoms with Crippen molar-refractivity contribution in [3.63, 3.8) is 0 Å². The van der Waals surface area contributed by atoms with Gasteiger partial charge in [-0.25, -0.2) is 9.50 Å². The Labute approximate surface area is 196 Å². The van der Waals surface area contributed by atoms with Crippen LogP contribution in [-0.4, -0.2) is 62.4 Å². The van der Waals surface area contributed by atoms with Crippen LogP contribution in [0.3, 0.4) is 0 Å². The van der Waals surface area contributed by atoms with Crippen LogP contribution < -0.4 is 10.2 Å². The van der Waals surface area contributed by atoms with E-state index >= 15 is 0 Å². The number of aromatic nitrogens is 3. The molecule has 8 nitrogen and oxygen atoms in total. The molecule has 0 bridgehead atoms. The standard InChI is InChI=1S/C24H26N6O2S/c1-24(2,3)29-12-10-28(11-13-29)18-7-4-16(5-8-18)19-15-25-21-9-6-17(27-30(19)21)14-20-22(31)26-23(32)33-20/h4-9,14-15H,10-13H2,1-3H3,(H,26,31,32). The topological polar surface area (TPSA) is 82.8 Å². The van der Waals surface area contributed by atoms with Crippen molar-refractivity contribution in [1.29, 1.82) is 0 Å². The van der Waals surface area contributed by atoms with Crippen molar-refractivity contribution in [3.05, 3.63) is 53.2 Å². The van der Waals surface area contributed by atoms with Gasteiger partial charge in [0.1, 0.15) is 0 Å². The summed E-state index contributed by atoms with van der Waals surface area (Å²) < 4.78 is 1.77. The molecular weight excluding hydrogens is 436 g/mol. The third-order valence-electron chi connectivity index (χ3n) is 6.06. The lowest BCUT2D eigenvalue weighted by Gasteiger charge is -2.43. The van der Waals surface area contributed by atoms with Gasteiger partial charge in [-0.05, 0) is 62.9 Å². The summed E-state index contributed by atoms with van der Waals surface area (Å²) in [7, 11) is 0. The molecule has 2 aromatic heterocycles. The van der Waals surface area contributed by atoms with Crippen LogP contribution in [0.15, 0.2) is 47.5 Å². The van der Waals surface area contributed by atoms with E-state index in [2.05, 4.69) is 70.2 Å². The fraction of sp³-hybridized carbons (Fsp3) is 0.333. The monoisotopic (exact) mass is 462 g/mol. The normalized spacial score (nSPS) is 19.0. The van der Waals surface area contributed by atoms with E-state index in [1.165, 1.54) is 5.69 Å². The van der Waals surface area contributed by atoms with Crippen molar-refractivity contribution >= 4 is 40.3 Å². The first kappa shape index (κ1) is 21.7. The number of fused-ring (bicyclic) bond motifs is 1. The van der Waals surface area contributed by atoms with Gasteiger partial charge in [-0.1, -0.05) is 12.1 Å². The van der Waals surface area contributed by atoms with Gasteiger partial charge in [0, 0.05) is 43.0 Å². The zero-order valence-electron chi connectivity index (χ0n) is 18.9. The summed E-state index contributed by atoms with van der Waals surface area (Å²) >= 11 is 0.882. The second kappa shape index (κ2) is 8.31. The van der Waals surface area contributed by atoms with E-state index in [1.54, 1.807) is 22.9 Å². The lowest BCUT2D eigenvalue weighted by molar-refractivity contribution is -0.115. The number of thioether (sulfide) groups is 1. The second-order valence-corrected chi connectivity index (χ2v) is 10.2. The van der Waals surface area contributed by atoms with Crippen LogP contribution >= 0.6 is 11.8 Å². The molecule has 4 heterocycles. The molecule has 1 N–H and O–H groups in total. The number of imide groups is 1. The molecule has 33 heavy (non-hydrogen) atoms. The SMILES string of the molecule is CC(C)(C)N1CCN(c2ccc(-c3cnc4ccc(C=C5SC(=O)NC5=O)nn34)cc2)CC1. The van der Waals surface area contributed by atoms with Gasteiger partial charge in [0.2, 0.25) is 0 Å². The number of imidazole rings is 1. The molecule has 1 aromatic carbocycles. The Morgan fingerprint density at radius 2 is 1.73 bits per heavy atom. The van der Waals surface area contributed by atoms with Crippen molar-refractivity contribution in [1.82, 2.24) is 24.8 Å². The summed E-state index contributed by atoms with van der Waals surface area (Å²) in [4.78, 5) is 33.0. The molecule has 9 heteroatoms. The summed E-state index contributed by atoms with van der Waals surface area (Å²) in [6.07, 6.45) is 3.42. The first-order valence-electron chi connectivity index (χ1n) is 11.0. The summed E-state index contributed by atoms with van der Waals surface area (Å²) in [5.41, 5.74) is 4.61. The van der Waals surface area contributed by atoms with Gasteiger partial charge in [0.25, 0.3) is 11.1 Å². The van der Waals surface area contributed by atoms with Crippen LogP contribution in [0, 0.1) is 0 Å². The predicted molar refractivity (Wildman–Crippen MR) is 131 cm³/mol. The molecule has 2 fully saturated rings. The van der Waals surface area contributed by atoms with E-state index in [9.17, 15) is 9.59 Å². The first-order valence-corrected chi connectivity index (χ1v) is 11.8. The van der Waals surface area contributed by atoms with Crippen molar-refractivity contribution in [2.75, 3.05) is 31.1 Å². The Bertz CT molecular complexity index is 1250. The van der Waals surface area contributed by atoms with E-state index in [0.29, 0.717) is 16.2 Å². The Balaban J connectivity index is 1.37. The van der Waals surface area contributed by atoms with E-state index in [4.69, 9.17) is 0 Å². The van der Waals surface area contributed by atoms with E-state index in [1.807, 2.05) is 6.07 Å². The highest BCUT2D eigenvalue weighted by molar-refractivity contribution is 8.18. The molecule has 0 radical (unpaired) electrons. The molecule has 0 atom stereocenters. The molecule has 0 saturated carbocycles. The molecule has 2 saturated heterocycles. The van der Waals surface area contributed by atoms with Crippen LogP contribution in [0.5, 0.6) is 0 Å². The smallest absolute Gasteiger partial charge is 0.290 e. The van der Waals surface area contributed by atoms with Crippen molar-refractivity contribution in [2.45, 2.75) is 26.3 Å². The van der Waals surface area contributed by atoms with Gasteiger partial charge in [-0.15, -0.1) is 0 Å². The number of hydrogen-bond acceptors (Lipinski definition) is 7. The molecule has 5 rings (SSSR count). The summed E-state index contributed by atoms with van der Waals surface area (Å²) in [6.45, 7) is 10.9. The lowest BCUT2D eigenvalue weighted by atomic mass is 10.0. The summed E-state index contributed by atoms with van der Waals surface area (Å²) in [6, 6.07) is 12.1. The zero-order valence-corrected chi connectivity index (χ0v) is 19.7. The fourth-order valence-electron chi connectivity index (χ4n) is 4.20. The number of benzene rings is 1. The van der Waals surface area contributed by atoms with Gasteiger partial charge in [0.15, 0.2) is 5.65 Å². The number of rotatable bonds is 3. The van der Waals surface area contributed by atoms with E-state index < -0.39 is 5.91 Å². The number of amides is 2. The van der Waals surface area contributed by atoms with Crippen LogP contribution in [0.4, 0.5) is 10.5 Å². The minimum atomic E-state index is -0.392. The van der Waals surface area contributed by atoms with E-state index in [-0.39, 0.29) is 10.8 Å². The Morgan fingerprint density at radius 3 is 2.36 bits per heavy atom. The predicted octanol–water partition coefficient (Wildman–Crippen LogP) is 3.64. The molecule has 2 amide bonds. The Morgan fingerprint density at radius 1 is 1.00 bits per heavy atom. The molecule has 2 aliphatic heterocycles. The third-order valence-corrected chi connectivity index (χ3v) is 6.87. The first-order chi connectivity index (χ1) is 15.8. The largest absolute Gasteiger partial charge is 0.369 e. The lowest BCUT2D eigenvalue weighted by Crippen LogP contribution is -2.53. The van der Waals surface area contributed by atoms with Gasteiger partial charge in [-0.2, -0.15) is 5.10 Å². The van der Waals surface area contributed by atoms with Crippen molar-refractivity contribution in [2.24, 2.45) is 0 Å². The zero-order chi connectivity index (χ0) is 23.2. The number of hydrogen-bond donors (Lipinski definition) is 1. The molecular formula is C24H26N6O2S. The number of piperazine rings is 1. The molecule has 170 valence electrons. The van der Waals surface area contributed by atoms with Crippen molar-refractivity contribution < 1.29 is 9.59 Å². The fourth-order valence-corrected chi connectivity index (χ4v) is 4.86. The molecule has 2 aliphatic rings. The van der Waals surface area contributed by atoms with Crippen LogP contribution in [0.2, 0.25) is 0 Å². The number of nitrogens with zero attached hydrogens (tertiary/aromatic N) is 5. The highest BCUT2D eigenvalue weighted by Crippen LogP contribution is 2.27. The van der Waals surface area contributed by atoms with Gasteiger partial charge >= 0.3 is 0 Å².